The maximum absolute atomic E-state index is 12.3. The van der Waals surface area contributed by atoms with E-state index in [9.17, 15) is 13.2 Å². The van der Waals surface area contributed by atoms with Crippen molar-refractivity contribution in [2.24, 2.45) is 5.92 Å². The fourth-order valence-corrected chi connectivity index (χ4v) is 4.39. The highest BCUT2D eigenvalue weighted by atomic mass is 32.2. The average molecular weight is 281 g/mol. The van der Waals surface area contributed by atoms with Crippen molar-refractivity contribution >= 4 is 21.7 Å². The van der Waals surface area contributed by atoms with Crippen molar-refractivity contribution in [1.82, 2.24) is 0 Å². The van der Waals surface area contributed by atoms with E-state index in [2.05, 4.69) is 0 Å². The van der Waals surface area contributed by atoms with E-state index in [1.807, 2.05) is 0 Å². The summed E-state index contributed by atoms with van der Waals surface area (Å²) in [4.78, 5) is 11.0. The second-order valence-corrected chi connectivity index (χ2v) is 7.13. The van der Waals surface area contributed by atoms with Crippen molar-refractivity contribution in [2.45, 2.75) is 19.3 Å². The van der Waals surface area contributed by atoms with Gasteiger partial charge in [0.25, 0.3) is 0 Å². The van der Waals surface area contributed by atoms with Gasteiger partial charge in [0.2, 0.25) is 10.0 Å². The Labute approximate surface area is 111 Å². The van der Waals surface area contributed by atoms with E-state index in [-0.39, 0.29) is 17.2 Å². The van der Waals surface area contributed by atoms with Crippen LogP contribution in [0.3, 0.4) is 0 Å². The number of aromatic carboxylic acids is 1. The number of hydrogen-bond acceptors (Lipinski definition) is 3. The van der Waals surface area contributed by atoms with Crippen LogP contribution >= 0.6 is 0 Å². The summed E-state index contributed by atoms with van der Waals surface area (Å²) in [6.45, 7) is 0.424. The van der Waals surface area contributed by atoms with Crippen molar-refractivity contribution in [3.05, 3.63) is 29.3 Å². The van der Waals surface area contributed by atoms with Crippen LogP contribution in [0.25, 0.3) is 0 Å². The van der Waals surface area contributed by atoms with Crippen LogP contribution in [-0.4, -0.2) is 31.8 Å². The van der Waals surface area contributed by atoms with E-state index >= 15 is 0 Å². The van der Waals surface area contributed by atoms with E-state index in [0.717, 1.165) is 18.4 Å². The quantitative estimate of drug-likeness (QED) is 0.907. The first kappa shape index (κ1) is 12.5. The Hall–Kier alpha value is -1.56. The zero-order valence-electron chi connectivity index (χ0n) is 10.4. The molecule has 1 heterocycles. The van der Waals surface area contributed by atoms with Gasteiger partial charge in [0, 0.05) is 6.54 Å². The number of hydrogen-bond donors (Lipinski definition) is 1. The van der Waals surface area contributed by atoms with E-state index in [4.69, 9.17) is 5.11 Å². The van der Waals surface area contributed by atoms with Gasteiger partial charge in [-0.1, -0.05) is 6.07 Å². The molecular formula is C13H15NO4S. The van der Waals surface area contributed by atoms with E-state index in [0.29, 0.717) is 18.7 Å². The summed E-state index contributed by atoms with van der Waals surface area (Å²) in [5.74, 6) is -0.560. The first-order chi connectivity index (χ1) is 8.97. The van der Waals surface area contributed by atoms with Crippen molar-refractivity contribution in [2.75, 3.05) is 16.6 Å². The van der Waals surface area contributed by atoms with Gasteiger partial charge in [-0.05, 0) is 42.9 Å². The zero-order valence-corrected chi connectivity index (χ0v) is 11.2. The maximum Gasteiger partial charge on any atom is 0.335 e. The molecule has 0 bridgehead atoms. The third-order valence-corrected chi connectivity index (χ3v) is 5.61. The highest BCUT2D eigenvalue weighted by Gasteiger charge is 2.35. The second-order valence-electron chi connectivity index (χ2n) is 5.19. The molecule has 102 valence electrons. The lowest BCUT2D eigenvalue weighted by atomic mass is 10.1. The molecule has 0 spiro atoms. The van der Waals surface area contributed by atoms with Crippen LogP contribution < -0.4 is 4.31 Å². The minimum Gasteiger partial charge on any atom is -0.478 e. The highest BCUT2D eigenvalue weighted by Crippen LogP contribution is 2.36. The summed E-state index contributed by atoms with van der Waals surface area (Å²) in [7, 11) is -3.31. The molecular weight excluding hydrogens is 266 g/mol. The molecule has 3 rings (SSSR count). The minimum atomic E-state index is -3.31. The van der Waals surface area contributed by atoms with Crippen LogP contribution in [0, 0.1) is 5.92 Å². The van der Waals surface area contributed by atoms with Crippen LogP contribution in [-0.2, 0) is 16.4 Å². The van der Waals surface area contributed by atoms with Crippen LogP contribution in [0.1, 0.15) is 28.8 Å². The number of rotatable bonds is 4. The number of anilines is 1. The molecule has 5 nitrogen and oxygen atoms in total. The van der Waals surface area contributed by atoms with Gasteiger partial charge in [-0.3, -0.25) is 4.31 Å². The highest BCUT2D eigenvalue weighted by molar-refractivity contribution is 7.92. The maximum atomic E-state index is 12.3. The van der Waals surface area contributed by atoms with E-state index < -0.39 is 16.0 Å². The Morgan fingerprint density at radius 3 is 2.74 bits per heavy atom. The van der Waals surface area contributed by atoms with Crippen molar-refractivity contribution in [1.29, 1.82) is 0 Å². The third kappa shape index (κ3) is 2.32. The third-order valence-electron chi connectivity index (χ3n) is 3.66. The zero-order chi connectivity index (χ0) is 13.6. The summed E-state index contributed by atoms with van der Waals surface area (Å²) in [5.41, 5.74) is 1.58. The van der Waals surface area contributed by atoms with Crippen molar-refractivity contribution < 1.29 is 18.3 Å². The predicted molar refractivity (Wildman–Crippen MR) is 71.0 cm³/mol. The molecule has 19 heavy (non-hydrogen) atoms. The Balaban J connectivity index is 1.95. The first-order valence-corrected chi connectivity index (χ1v) is 7.95. The fourth-order valence-electron chi connectivity index (χ4n) is 2.44. The topological polar surface area (TPSA) is 74.7 Å². The van der Waals surface area contributed by atoms with Crippen molar-refractivity contribution in [3.63, 3.8) is 0 Å². The summed E-state index contributed by atoms with van der Waals surface area (Å²) in [5, 5.41) is 8.99. The lowest BCUT2D eigenvalue weighted by molar-refractivity contribution is 0.0697. The Morgan fingerprint density at radius 2 is 2.11 bits per heavy atom. The molecule has 0 unspecified atom stereocenters. The van der Waals surface area contributed by atoms with Gasteiger partial charge in [-0.15, -0.1) is 0 Å². The number of carbonyl (C=O) groups is 1. The van der Waals surface area contributed by atoms with Gasteiger partial charge < -0.3 is 5.11 Å². The molecule has 2 aliphatic rings. The lowest BCUT2D eigenvalue weighted by Crippen LogP contribution is -2.32. The summed E-state index contributed by atoms with van der Waals surface area (Å²) in [6.07, 6.45) is 2.61. The first-order valence-electron chi connectivity index (χ1n) is 6.34. The van der Waals surface area contributed by atoms with Crippen LogP contribution in [0.4, 0.5) is 5.69 Å². The van der Waals surface area contributed by atoms with Crippen LogP contribution in [0.5, 0.6) is 0 Å². The van der Waals surface area contributed by atoms with E-state index in [1.165, 1.54) is 16.4 Å². The van der Waals surface area contributed by atoms with Crippen molar-refractivity contribution in [3.8, 4) is 0 Å². The molecule has 0 aromatic heterocycles. The SMILES string of the molecule is O=C(O)c1ccc2c(c1)N(S(=O)(=O)CC1CC1)CC2. The largest absolute Gasteiger partial charge is 0.478 e. The van der Waals surface area contributed by atoms with Gasteiger partial charge >= 0.3 is 5.97 Å². The van der Waals surface area contributed by atoms with Gasteiger partial charge in [0.1, 0.15) is 0 Å². The summed E-state index contributed by atoms with van der Waals surface area (Å²) >= 11 is 0. The number of fused-ring (bicyclic) bond motifs is 1. The molecule has 0 saturated heterocycles. The van der Waals surface area contributed by atoms with Gasteiger partial charge in [0.15, 0.2) is 0 Å². The monoisotopic (exact) mass is 281 g/mol. The Bertz CT molecular complexity index is 634. The van der Waals surface area contributed by atoms with Gasteiger partial charge in [0.05, 0.1) is 17.0 Å². The molecule has 1 aromatic rings. The number of carboxylic acids is 1. The molecule has 0 amide bonds. The number of nitrogens with zero attached hydrogens (tertiary/aromatic N) is 1. The van der Waals surface area contributed by atoms with Crippen LogP contribution in [0.2, 0.25) is 0 Å². The number of carboxylic acid groups (broad SMARTS) is 1. The summed E-state index contributed by atoms with van der Waals surface area (Å²) < 4.78 is 26.0. The number of sulfonamides is 1. The standard InChI is InChI=1S/C13H15NO4S/c15-13(16)11-4-3-10-5-6-14(12(10)7-11)19(17,18)8-9-1-2-9/h3-4,7,9H,1-2,5-6,8H2,(H,15,16). The molecule has 1 aromatic carbocycles. The molecule has 0 atom stereocenters. The molecule has 1 fully saturated rings. The summed E-state index contributed by atoms with van der Waals surface area (Å²) in [6, 6.07) is 4.71. The van der Waals surface area contributed by atoms with Crippen LogP contribution in [0.15, 0.2) is 18.2 Å². The Morgan fingerprint density at radius 1 is 1.37 bits per heavy atom. The van der Waals surface area contributed by atoms with Gasteiger partial charge in [-0.2, -0.15) is 0 Å². The number of benzene rings is 1. The Kier molecular flexibility index (Phi) is 2.78. The predicted octanol–water partition coefficient (Wildman–Crippen LogP) is 1.49. The normalized spacial score (nSPS) is 18.4. The molecule has 1 aliphatic heterocycles. The molecule has 1 N–H and O–H groups in total. The molecule has 1 aliphatic carbocycles. The van der Waals surface area contributed by atoms with Gasteiger partial charge in [-0.25, -0.2) is 13.2 Å². The minimum absolute atomic E-state index is 0.132. The molecule has 6 heteroatoms. The lowest BCUT2D eigenvalue weighted by Gasteiger charge is -2.19. The average Bonchev–Trinajstić information content (AvgIpc) is 3.04. The molecule has 0 radical (unpaired) electrons. The second kappa shape index (κ2) is 4.23. The fraction of sp³-hybridized carbons (Fsp3) is 0.462. The van der Waals surface area contributed by atoms with E-state index in [1.54, 1.807) is 6.07 Å². The smallest absolute Gasteiger partial charge is 0.335 e. The molecule has 1 saturated carbocycles.